The van der Waals surface area contributed by atoms with E-state index in [-0.39, 0.29) is 10.8 Å². The molecule has 1 saturated carbocycles. The number of aryl methyl sites for hydroxylation is 1. The Morgan fingerprint density at radius 1 is 0.968 bits per heavy atom. The molecule has 1 aliphatic carbocycles. The van der Waals surface area contributed by atoms with Crippen molar-refractivity contribution in [3.05, 3.63) is 82.9 Å². The van der Waals surface area contributed by atoms with Crippen molar-refractivity contribution in [3.63, 3.8) is 0 Å². The molecular formula is C27H33N3O. The molecule has 3 aromatic rings. The SMILES string of the molecule is Cc1ccc(C(=C2CC(C)(C)CC(C)(C)C2)c2ccccc2)cc1OCc1ncn[nH]1. The molecule has 1 heterocycles. The molecule has 0 bridgehead atoms. The fourth-order valence-corrected chi connectivity index (χ4v) is 5.35. The van der Waals surface area contributed by atoms with Crippen molar-refractivity contribution in [2.45, 2.75) is 60.5 Å². The van der Waals surface area contributed by atoms with E-state index in [1.165, 1.54) is 35.0 Å². The Kier molecular flexibility index (Phi) is 5.74. The maximum absolute atomic E-state index is 6.12. The molecule has 1 fully saturated rings. The van der Waals surface area contributed by atoms with Crippen LogP contribution in [0.5, 0.6) is 5.75 Å². The van der Waals surface area contributed by atoms with Gasteiger partial charge in [0.1, 0.15) is 18.7 Å². The highest BCUT2D eigenvalue weighted by molar-refractivity contribution is 5.83. The zero-order valence-electron chi connectivity index (χ0n) is 19.3. The Labute approximate surface area is 185 Å². The van der Waals surface area contributed by atoms with E-state index in [2.05, 4.69) is 98.3 Å². The van der Waals surface area contributed by atoms with E-state index in [4.69, 9.17) is 4.74 Å². The summed E-state index contributed by atoms with van der Waals surface area (Å²) < 4.78 is 6.12. The lowest BCUT2D eigenvalue weighted by molar-refractivity contribution is 0.154. The molecule has 31 heavy (non-hydrogen) atoms. The van der Waals surface area contributed by atoms with Crippen LogP contribution in [0.15, 0.2) is 60.4 Å². The number of aromatic nitrogens is 3. The molecule has 0 radical (unpaired) electrons. The van der Waals surface area contributed by atoms with Crippen molar-refractivity contribution in [3.8, 4) is 5.75 Å². The van der Waals surface area contributed by atoms with Gasteiger partial charge in [-0.25, -0.2) is 4.98 Å². The van der Waals surface area contributed by atoms with E-state index in [1.54, 1.807) is 0 Å². The average Bonchev–Trinajstić information content (AvgIpc) is 3.20. The van der Waals surface area contributed by atoms with Crippen molar-refractivity contribution in [1.82, 2.24) is 15.2 Å². The number of nitrogens with zero attached hydrogens (tertiary/aromatic N) is 2. The van der Waals surface area contributed by atoms with E-state index in [0.717, 1.165) is 30.0 Å². The van der Waals surface area contributed by atoms with Crippen LogP contribution in [0, 0.1) is 17.8 Å². The summed E-state index contributed by atoms with van der Waals surface area (Å²) in [6, 6.07) is 17.4. The standard InChI is InChI=1S/C27H33N3O/c1-19-11-12-21(13-23(19)31-16-24-28-18-29-30-24)25(20-9-7-6-8-10-20)22-14-26(2,3)17-27(4,5)15-22/h6-13,18H,14-17H2,1-5H3,(H,28,29,30). The first kappa shape index (κ1) is 21.4. The normalized spacial score (nSPS) is 17.4. The number of nitrogens with one attached hydrogen (secondary N) is 1. The van der Waals surface area contributed by atoms with Gasteiger partial charge in [-0.1, -0.05) is 75.7 Å². The van der Waals surface area contributed by atoms with Gasteiger partial charge in [0.25, 0.3) is 0 Å². The third-order valence-corrected chi connectivity index (χ3v) is 6.06. The zero-order valence-corrected chi connectivity index (χ0v) is 19.3. The molecule has 4 rings (SSSR count). The van der Waals surface area contributed by atoms with Crippen LogP contribution in [0.2, 0.25) is 0 Å². The predicted molar refractivity (Wildman–Crippen MR) is 126 cm³/mol. The summed E-state index contributed by atoms with van der Waals surface area (Å²) in [7, 11) is 0. The van der Waals surface area contributed by atoms with Crippen LogP contribution >= 0.6 is 0 Å². The summed E-state index contributed by atoms with van der Waals surface area (Å²) in [4.78, 5) is 4.17. The highest BCUT2D eigenvalue weighted by Crippen LogP contribution is 2.51. The number of H-pyrrole nitrogens is 1. The van der Waals surface area contributed by atoms with Gasteiger partial charge >= 0.3 is 0 Å². The highest BCUT2D eigenvalue weighted by Gasteiger charge is 2.37. The number of hydrogen-bond donors (Lipinski definition) is 1. The Hall–Kier alpha value is -2.88. The van der Waals surface area contributed by atoms with Crippen LogP contribution in [0.3, 0.4) is 0 Å². The molecule has 0 atom stereocenters. The van der Waals surface area contributed by atoms with Gasteiger partial charge in [0.2, 0.25) is 0 Å². The Morgan fingerprint density at radius 2 is 1.68 bits per heavy atom. The van der Waals surface area contributed by atoms with Gasteiger partial charge in [0.15, 0.2) is 5.82 Å². The van der Waals surface area contributed by atoms with E-state index in [1.807, 2.05) is 0 Å². The molecule has 1 N–H and O–H groups in total. The Balaban J connectivity index is 1.79. The number of benzene rings is 2. The first-order chi connectivity index (χ1) is 14.7. The van der Waals surface area contributed by atoms with Gasteiger partial charge < -0.3 is 4.74 Å². The Morgan fingerprint density at radius 3 is 2.32 bits per heavy atom. The average molecular weight is 416 g/mol. The number of ether oxygens (including phenoxy) is 1. The van der Waals surface area contributed by atoms with Gasteiger partial charge in [-0.2, -0.15) is 5.10 Å². The molecule has 162 valence electrons. The largest absolute Gasteiger partial charge is 0.485 e. The minimum Gasteiger partial charge on any atom is -0.485 e. The summed E-state index contributed by atoms with van der Waals surface area (Å²) in [5.74, 6) is 1.61. The van der Waals surface area contributed by atoms with Crippen LogP contribution in [0.25, 0.3) is 5.57 Å². The molecule has 0 saturated heterocycles. The smallest absolute Gasteiger partial charge is 0.162 e. The van der Waals surface area contributed by atoms with E-state index >= 15 is 0 Å². The topological polar surface area (TPSA) is 50.8 Å². The summed E-state index contributed by atoms with van der Waals surface area (Å²) >= 11 is 0. The lowest BCUT2D eigenvalue weighted by Crippen LogP contribution is -2.30. The number of hydrogen-bond acceptors (Lipinski definition) is 3. The van der Waals surface area contributed by atoms with Crippen LogP contribution in [-0.2, 0) is 6.61 Å². The second kappa shape index (κ2) is 8.33. The first-order valence-corrected chi connectivity index (χ1v) is 11.1. The summed E-state index contributed by atoms with van der Waals surface area (Å²) in [5.41, 5.74) is 7.07. The lowest BCUT2D eigenvalue weighted by Gasteiger charge is -2.43. The molecule has 0 aliphatic heterocycles. The van der Waals surface area contributed by atoms with Gasteiger partial charge in [0.05, 0.1) is 0 Å². The molecule has 1 aromatic heterocycles. The van der Waals surface area contributed by atoms with E-state index in [9.17, 15) is 0 Å². The maximum Gasteiger partial charge on any atom is 0.162 e. The van der Waals surface area contributed by atoms with Crippen LogP contribution < -0.4 is 4.74 Å². The molecule has 0 unspecified atom stereocenters. The predicted octanol–water partition coefficient (Wildman–Crippen LogP) is 6.73. The molecule has 0 spiro atoms. The maximum atomic E-state index is 6.12. The summed E-state index contributed by atoms with van der Waals surface area (Å²) in [6.07, 6.45) is 4.98. The fraction of sp³-hybridized carbons (Fsp3) is 0.407. The van der Waals surface area contributed by atoms with E-state index < -0.39 is 0 Å². The third-order valence-electron chi connectivity index (χ3n) is 6.06. The van der Waals surface area contributed by atoms with Gasteiger partial charge in [-0.05, 0) is 65.3 Å². The Bertz CT molecular complexity index is 1050. The van der Waals surface area contributed by atoms with Crippen LogP contribution in [0.4, 0.5) is 0 Å². The number of allylic oxidation sites excluding steroid dienone is 1. The second-order valence-corrected chi connectivity index (χ2v) is 10.4. The van der Waals surface area contributed by atoms with Gasteiger partial charge in [0, 0.05) is 0 Å². The minimum absolute atomic E-state index is 0.285. The van der Waals surface area contributed by atoms with Gasteiger partial charge in [-0.3, -0.25) is 5.10 Å². The van der Waals surface area contributed by atoms with Crippen LogP contribution in [0.1, 0.15) is 69.5 Å². The second-order valence-electron chi connectivity index (χ2n) is 10.4. The monoisotopic (exact) mass is 415 g/mol. The highest BCUT2D eigenvalue weighted by atomic mass is 16.5. The molecule has 0 amide bonds. The van der Waals surface area contributed by atoms with Crippen molar-refractivity contribution in [1.29, 1.82) is 0 Å². The van der Waals surface area contributed by atoms with Crippen molar-refractivity contribution >= 4 is 5.57 Å². The molecular weight excluding hydrogens is 382 g/mol. The molecule has 4 heteroatoms. The quantitative estimate of drug-likeness (QED) is 0.502. The summed E-state index contributed by atoms with van der Waals surface area (Å²) in [5, 5.41) is 6.77. The molecule has 2 aromatic carbocycles. The van der Waals surface area contributed by atoms with Crippen molar-refractivity contribution in [2.75, 3.05) is 0 Å². The fourth-order valence-electron chi connectivity index (χ4n) is 5.35. The first-order valence-electron chi connectivity index (χ1n) is 11.1. The number of aromatic amines is 1. The molecule has 1 aliphatic rings. The third kappa shape index (κ3) is 5.07. The van der Waals surface area contributed by atoms with Crippen LogP contribution in [-0.4, -0.2) is 15.2 Å². The van der Waals surface area contributed by atoms with Gasteiger partial charge in [-0.15, -0.1) is 0 Å². The lowest BCUT2D eigenvalue weighted by atomic mass is 9.62. The number of rotatable bonds is 5. The van der Waals surface area contributed by atoms with E-state index in [0.29, 0.717) is 6.61 Å². The van der Waals surface area contributed by atoms with Crippen molar-refractivity contribution in [2.24, 2.45) is 10.8 Å². The minimum atomic E-state index is 0.285. The molecule has 4 nitrogen and oxygen atoms in total. The van der Waals surface area contributed by atoms with Crippen molar-refractivity contribution < 1.29 is 4.74 Å². The summed E-state index contributed by atoms with van der Waals surface area (Å²) in [6.45, 7) is 12.1. The zero-order chi connectivity index (χ0) is 22.1.